The van der Waals surface area contributed by atoms with Crippen LogP contribution < -0.4 is 4.90 Å². The van der Waals surface area contributed by atoms with Crippen LogP contribution in [0.3, 0.4) is 0 Å². The molecular weight excluding hydrogens is 330 g/mol. The van der Waals surface area contributed by atoms with Gasteiger partial charge in [0.15, 0.2) is 0 Å². The first-order valence-electron chi connectivity index (χ1n) is 8.98. The maximum Gasteiger partial charge on any atom is 0.410 e. The number of ether oxygens (including phenoxy) is 1. The third kappa shape index (κ3) is 3.54. The molecule has 1 aromatic rings. The largest absolute Gasteiger partial charge is 0.444 e. The van der Waals surface area contributed by atoms with Crippen molar-refractivity contribution in [1.29, 1.82) is 0 Å². The Bertz CT molecular complexity index is 751. The van der Waals surface area contributed by atoms with Gasteiger partial charge >= 0.3 is 12.1 Å². The van der Waals surface area contributed by atoms with E-state index in [0.29, 0.717) is 19.6 Å². The van der Waals surface area contributed by atoms with Gasteiger partial charge in [0.1, 0.15) is 5.60 Å². The number of carbonyl (C=O) groups excluding carboxylic acids is 2. The monoisotopic (exact) mass is 357 g/mol. The van der Waals surface area contributed by atoms with Crippen molar-refractivity contribution in [3.05, 3.63) is 35.4 Å². The van der Waals surface area contributed by atoms with Crippen molar-refractivity contribution in [2.24, 2.45) is 0 Å². The molecule has 0 bridgehead atoms. The highest BCUT2D eigenvalue weighted by molar-refractivity contribution is 5.95. The third-order valence-corrected chi connectivity index (χ3v) is 4.67. The summed E-state index contributed by atoms with van der Waals surface area (Å²) in [6.07, 6.45) is 2.39. The van der Waals surface area contributed by atoms with E-state index in [-0.39, 0.29) is 12.1 Å². The molecule has 1 aromatic carbocycles. The molecule has 0 spiro atoms. The Balaban J connectivity index is 1.87. The fourth-order valence-electron chi connectivity index (χ4n) is 3.40. The van der Waals surface area contributed by atoms with Crippen LogP contribution >= 0.6 is 0 Å². The smallest absolute Gasteiger partial charge is 0.410 e. The molecule has 0 aromatic heterocycles. The lowest BCUT2D eigenvalue weighted by Gasteiger charge is -2.34. The van der Waals surface area contributed by atoms with Crippen molar-refractivity contribution >= 4 is 23.9 Å². The average Bonchev–Trinajstić information content (AvgIpc) is 2.98. The van der Waals surface area contributed by atoms with Gasteiger partial charge < -0.3 is 9.64 Å². The van der Waals surface area contributed by atoms with Crippen LogP contribution in [0.1, 0.15) is 43.9 Å². The number of amides is 3. The molecule has 26 heavy (non-hydrogen) atoms. The summed E-state index contributed by atoms with van der Waals surface area (Å²) in [5.74, 6) is 0. The first-order valence-corrected chi connectivity index (χ1v) is 8.98. The van der Waals surface area contributed by atoms with E-state index < -0.39 is 5.60 Å². The first-order chi connectivity index (χ1) is 12.2. The van der Waals surface area contributed by atoms with E-state index in [9.17, 15) is 9.59 Å². The van der Waals surface area contributed by atoms with Crippen molar-refractivity contribution in [3.8, 4) is 0 Å². The number of fused-ring (bicyclic) bond motifs is 1. The van der Waals surface area contributed by atoms with Gasteiger partial charge in [-0.3, -0.25) is 9.80 Å². The predicted molar refractivity (Wildman–Crippen MR) is 102 cm³/mol. The second kappa shape index (κ2) is 6.67. The molecule has 2 aliphatic heterocycles. The number of benzene rings is 1. The van der Waals surface area contributed by atoms with Crippen LogP contribution in [0.25, 0.3) is 6.08 Å². The van der Waals surface area contributed by atoms with Crippen LogP contribution in [0, 0.1) is 0 Å². The summed E-state index contributed by atoms with van der Waals surface area (Å²) in [6.45, 7) is 12.0. The van der Waals surface area contributed by atoms with Gasteiger partial charge in [0.05, 0.1) is 5.69 Å². The molecule has 0 aliphatic carbocycles. The highest BCUT2D eigenvalue weighted by Crippen LogP contribution is 2.33. The Morgan fingerprint density at radius 1 is 1.19 bits per heavy atom. The number of rotatable bonds is 2. The second-order valence-corrected chi connectivity index (χ2v) is 7.93. The Labute approximate surface area is 155 Å². The van der Waals surface area contributed by atoms with E-state index in [4.69, 9.17) is 4.74 Å². The summed E-state index contributed by atoms with van der Waals surface area (Å²) in [6, 6.07) is 4.05. The molecule has 3 rings (SSSR count). The molecule has 0 atom stereocenters. The molecule has 6 nitrogen and oxygen atoms in total. The van der Waals surface area contributed by atoms with Gasteiger partial charge in [-0.1, -0.05) is 12.7 Å². The van der Waals surface area contributed by atoms with E-state index >= 15 is 0 Å². The normalized spacial score (nSPS) is 17.4. The van der Waals surface area contributed by atoms with Gasteiger partial charge in [-0.25, -0.2) is 9.59 Å². The van der Waals surface area contributed by atoms with Gasteiger partial charge in [-0.05, 0) is 56.0 Å². The van der Waals surface area contributed by atoms with Crippen LogP contribution in [-0.2, 0) is 17.8 Å². The van der Waals surface area contributed by atoms with Crippen molar-refractivity contribution < 1.29 is 14.3 Å². The number of hydrogen-bond acceptors (Lipinski definition) is 3. The second-order valence-electron chi connectivity index (χ2n) is 7.93. The van der Waals surface area contributed by atoms with Crippen LogP contribution in [0.4, 0.5) is 15.3 Å². The van der Waals surface area contributed by atoms with Crippen LogP contribution in [-0.4, -0.2) is 47.7 Å². The fourth-order valence-corrected chi connectivity index (χ4v) is 3.40. The van der Waals surface area contributed by atoms with Crippen molar-refractivity contribution in [2.45, 2.75) is 45.9 Å². The quantitative estimate of drug-likeness (QED) is 0.808. The molecule has 0 unspecified atom stereocenters. The first kappa shape index (κ1) is 18.3. The SMILES string of the molecule is C=Cc1cc2c(cc1N1CCCN(C)C1=O)CN(C(=O)OC(C)(C)C)C2. The maximum atomic E-state index is 12.6. The Hall–Kier alpha value is -2.50. The molecule has 0 saturated carbocycles. The average molecular weight is 357 g/mol. The zero-order valence-corrected chi connectivity index (χ0v) is 16.0. The zero-order chi connectivity index (χ0) is 19.1. The number of hydrogen-bond donors (Lipinski definition) is 0. The molecule has 2 heterocycles. The number of urea groups is 1. The zero-order valence-electron chi connectivity index (χ0n) is 16.0. The van der Waals surface area contributed by atoms with Crippen LogP contribution in [0.15, 0.2) is 18.7 Å². The molecular formula is C20H27N3O3. The highest BCUT2D eigenvalue weighted by Gasteiger charge is 2.31. The number of carbonyl (C=O) groups is 2. The summed E-state index contributed by atoms with van der Waals surface area (Å²) in [7, 11) is 1.82. The maximum absolute atomic E-state index is 12.6. The van der Waals surface area contributed by atoms with Gasteiger partial charge in [-0.15, -0.1) is 0 Å². The molecule has 3 amide bonds. The molecule has 6 heteroatoms. The predicted octanol–water partition coefficient (Wildman–Crippen LogP) is 3.84. The lowest BCUT2D eigenvalue weighted by molar-refractivity contribution is 0.0242. The summed E-state index contributed by atoms with van der Waals surface area (Å²) >= 11 is 0. The summed E-state index contributed by atoms with van der Waals surface area (Å²) in [5.41, 5.74) is 3.39. The Morgan fingerprint density at radius 3 is 2.46 bits per heavy atom. The van der Waals surface area contributed by atoms with Crippen molar-refractivity contribution in [3.63, 3.8) is 0 Å². The molecule has 140 valence electrons. The van der Waals surface area contributed by atoms with Gasteiger partial charge in [0, 0.05) is 33.2 Å². The van der Waals surface area contributed by atoms with E-state index in [0.717, 1.165) is 35.3 Å². The molecule has 0 radical (unpaired) electrons. The molecule has 0 N–H and O–H groups in total. The lowest BCUT2D eigenvalue weighted by Crippen LogP contribution is -2.47. The standard InChI is InChI=1S/C20H27N3O3/c1-6-14-10-15-12-22(19(25)26-20(2,3)4)13-16(15)11-17(14)23-9-7-8-21(5)18(23)24/h6,10-11H,1,7-9,12-13H2,2-5H3. The number of anilines is 1. The Morgan fingerprint density at radius 2 is 1.85 bits per heavy atom. The van der Waals surface area contributed by atoms with Crippen molar-refractivity contribution in [1.82, 2.24) is 9.80 Å². The van der Waals surface area contributed by atoms with E-state index in [1.54, 1.807) is 20.8 Å². The topological polar surface area (TPSA) is 53.1 Å². The number of nitrogens with zero attached hydrogens (tertiary/aromatic N) is 3. The van der Waals surface area contributed by atoms with Crippen molar-refractivity contribution in [2.75, 3.05) is 25.0 Å². The summed E-state index contributed by atoms with van der Waals surface area (Å²) < 4.78 is 5.48. The van der Waals surface area contributed by atoms with Gasteiger partial charge in [-0.2, -0.15) is 0 Å². The highest BCUT2D eigenvalue weighted by atomic mass is 16.6. The summed E-state index contributed by atoms with van der Waals surface area (Å²) in [4.78, 5) is 30.2. The third-order valence-electron chi connectivity index (χ3n) is 4.67. The van der Waals surface area contributed by atoms with E-state index in [2.05, 4.69) is 6.58 Å². The minimum Gasteiger partial charge on any atom is -0.444 e. The van der Waals surface area contributed by atoms with E-state index in [1.165, 1.54) is 0 Å². The summed E-state index contributed by atoms with van der Waals surface area (Å²) in [5, 5.41) is 0. The molecule has 1 fully saturated rings. The molecule has 2 aliphatic rings. The van der Waals surface area contributed by atoms with Crippen LogP contribution in [0.2, 0.25) is 0 Å². The Kier molecular flexibility index (Phi) is 4.69. The van der Waals surface area contributed by atoms with Gasteiger partial charge in [0.2, 0.25) is 0 Å². The minimum absolute atomic E-state index is 0.00120. The molecule has 1 saturated heterocycles. The lowest BCUT2D eigenvalue weighted by atomic mass is 10.0. The van der Waals surface area contributed by atoms with E-state index in [1.807, 2.05) is 40.0 Å². The van der Waals surface area contributed by atoms with Gasteiger partial charge in [0.25, 0.3) is 0 Å². The fraction of sp³-hybridized carbons (Fsp3) is 0.500. The minimum atomic E-state index is -0.520. The van der Waals surface area contributed by atoms with Crippen LogP contribution in [0.5, 0.6) is 0 Å².